The average Bonchev–Trinajstić information content (AvgIpc) is 2.48. The zero-order chi connectivity index (χ0) is 9.42. The van der Waals surface area contributed by atoms with E-state index in [9.17, 15) is 9.18 Å². The summed E-state index contributed by atoms with van der Waals surface area (Å²) >= 11 is 0. The predicted octanol–water partition coefficient (Wildman–Crippen LogP) is 1.83. The van der Waals surface area contributed by atoms with Crippen molar-refractivity contribution in [3.63, 3.8) is 0 Å². The molecule has 0 amide bonds. The minimum Gasteiger partial charge on any atom is -0.505 e. The van der Waals surface area contributed by atoms with Crippen LogP contribution < -0.4 is 0 Å². The van der Waals surface area contributed by atoms with Crippen molar-refractivity contribution in [2.75, 3.05) is 0 Å². The van der Waals surface area contributed by atoms with Crippen LogP contribution >= 0.6 is 0 Å². The van der Waals surface area contributed by atoms with Crippen LogP contribution in [0.4, 0.5) is 4.39 Å². The highest BCUT2D eigenvalue weighted by molar-refractivity contribution is 5.97. The molecule has 0 aliphatic heterocycles. The molecule has 0 aliphatic rings. The van der Waals surface area contributed by atoms with E-state index in [1.54, 1.807) is 0 Å². The maximum absolute atomic E-state index is 12.9. The van der Waals surface area contributed by atoms with Crippen molar-refractivity contribution in [2.24, 2.45) is 0 Å². The smallest absolute Gasteiger partial charge is 0.165 e. The second kappa shape index (κ2) is 2.58. The van der Waals surface area contributed by atoms with E-state index in [1.807, 2.05) is 0 Å². The van der Waals surface area contributed by atoms with E-state index in [0.29, 0.717) is 22.8 Å². The first kappa shape index (κ1) is 7.79. The van der Waals surface area contributed by atoms with Crippen LogP contribution in [-0.4, -0.2) is 16.4 Å². The van der Waals surface area contributed by atoms with Crippen LogP contribution in [-0.2, 0) is 0 Å². The van der Waals surface area contributed by atoms with Crippen molar-refractivity contribution in [2.45, 2.75) is 0 Å². The van der Waals surface area contributed by atoms with Crippen LogP contribution in [0, 0.1) is 5.82 Å². The standard InChI is InChI=1S/C9H6FNO2/c10-7-1-6-5(4-12)3-11-8(6)2-9(7)13/h1-4,11,13H. The Balaban J connectivity index is 2.84. The molecule has 4 heteroatoms. The van der Waals surface area contributed by atoms with Gasteiger partial charge in [-0.05, 0) is 6.07 Å². The fourth-order valence-electron chi connectivity index (χ4n) is 1.25. The molecule has 2 aromatic rings. The highest BCUT2D eigenvalue weighted by Gasteiger charge is 2.07. The molecule has 0 saturated carbocycles. The lowest BCUT2D eigenvalue weighted by atomic mass is 10.2. The molecule has 0 saturated heterocycles. The average molecular weight is 179 g/mol. The molecule has 2 N–H and O–H groups in total. The van der Waals surface area contributed by atoms with Gasteiger partial charge in [-0.15, -0.1) is 0 Å². The molecule has 0 unspecified atom stereocenters. The van der Waals surface area contributed by atoms with Crippen molar-refractivity contribution in [3.05, 3.63) is 29.7 Å². The molecule has 2 rings (SSSR count). The molecule has 0 spiro atoms. The third-order valence-corrected chi connectivity index (χ3v) is 1.91. The Kier molecular flexibility index (Phi) is 1.55. The molecular weight excluding hydrogens is 173 g/mol. The van der Waals surface area contributed by atoms with E-state index in [1.165, 1.54) is 12.3 Å². The van der Waals surface area contributed by atoms with Gasteiger partial charge in [-0.1, -0.05) is 0 Å². The number of phenols is 1. The van der Waals surface area contributed by atoms with Crippen LogP contribution in [0.15, 0.2) is 18.3 Å². The lowest BCUT2D eigenvalue weighted by molar-refractivity contribution is 0.112. The monoisotopic (exact) mass is 179 g/mol. The number of hydrogen-bond donors (Lipinski definition) is 2. The minimum absolute atomic E-state index is 0.383. The summed E-state index contributed by atoms with van der Waals surface area (Å²) in [7, 11) is 0. The molecule has 66 valence electrons. The number of carbonyl (C=O) groups is 1. The zero-order valence-electron chi connectivity index (χ0n) is 6.54. The summed E-state index contributed by atoms with van der Waals surface area (Å²) in [5.74, 6) is -1.15. The maximum atomic E-state index is 12.9. The number of benzene rings is 1. The van der Waals surface area contributed by atoms with Crippen LogP contribution in [0.2, 0.25) is 0 Å². The Labute approximate surface area is 72.8 Å². The van der Waals surface area contributed by atoms with Gasteiger partial charge in [-0.2, -0.15) is 0 Å². The molecule has 0 radical (unpaired) electrons. The van der Waals surface area contributed by atoms with Gasteiger partial charge in [0.1, 0.15) is 0 Å². The fraction of sp³-hybridized carbons (Fsp3) is 0. The summed E-state index contributed by atoms with van der Waals surface area (Å²) in [4.78, 5) is 13.2. The number of phenolic OH excluding ortho intramolecular Hbond substituents is 1. The van der Waals surface area contributed by atoms with E-state index >= 15 is 0 Å². The van der Waals surface area contributed by atoms with E-state index in [2.05, 4.69) is 4.98 Å². The van der Waals surface area contributed by atoms with Gasteiger partial charge in [0.15, 0.2) is 17.9 Å². The van der Waals surface area contributed by atoms with Gasteiger partial charge < -0.3 is 10.1 Å². The largest absolute Gasteiger partial charge is 0.505 e. The molecule has 1 heterocycles. The normalized spacial score (nSPS) is 10.5. The number of aromatic nitrogens is 1. The predicted molar refractivity (Wildman–Crippen MR) is 45.3 cm³/mol. The first-order valence-electron chi connectivity index (χ1n) is 3.67. The second-order valence-corrected chi connectivity index (χ2v) is 2.71. The summed E-state index contributed by atoms with van der Waals surface area (Å²) in [5.41, 5.74) is 0.926. The van der Waals surface area contributed by atoms with Crippen molar-refractivity contribution < 1.29 is 14.3 Å². The first-order chi connectivity index (χ1) is 6.22. The van der Waals surface area contributed by atoms with Gasteiger partial charge >= 0.3 is 0 Å². The van der Waals surface area contributed by atoms with Crippen molar-refractivity contribution in [3.8, 4) is 5.75 Å². The van der Waals surface area contributed by atoms with Crippen LogP contribution in [0.1, 0.15) is 10.4 Å². The van der Waals surface area contributed by atoms with E-state index in [4.69, 9.17) is 5.11 Å². The number of H-pyrrole nitrogens is 1. The van der Waals surface area contributed by atoms with E-state index < -0.39 is 11.6 Å². The summed E-state index contributed by atoms with van der Waals surface area (Å²) in [6.45, 7) is 0. The van der Waals surface area contributed by atoms with Crippen molar-refractivity contribution >= 4 is 17.2 Å². The number of aromatic amines is 1. The molecule has 1 aromatic heterocycles. The molecule has 1 aromatic carbocycles. The number of halogens is 1. The third kappa shape index (κ3) is 1.07. The molecular formula is C9H6FNO2. The number of fused-ring (bicyclic) bond motifs is 1. The van der Waals surface area contributed by atoms with Gasteiger partial charge in [-0.3, -0.25) is 4.79 Å². The number of rotatable bonds is 1. The minimum atomic E-state index is -0.727. The Hall–Kier alpha value is -1.84. The van der Waals surface area contributed by atoms with Gasteiger partial charge in [0, 0.05) is 23.2 Å². The first-order valence-corrected chi connectivity index (χ1v) is 3.67. The number of aromatic hydroxyl groups is 1. The summed E-state index contributed by atoms with van der Waals surface area (Å²) in [5, 5.41) is 9.49. The van der Waals surface area contributed by atoms with Gasteiger partial charge in [-0.25, -0.2) is 4.39 Å². The summed E-state index contributed by atoms with van der Waals surface area (Å²) < 4.78 is 12.9. The number of hydrogen-bond acceptors (Lipinski definition) is 2. The highest BCUT2D eigenvalue weighted by Crippen LogP contribution is 2.24. The Bertz CT molecular complexity index is 476. The van der Waals surface area contributed by atoms with Gasteiger partial charge in [0.25, 0.3) is 0 Å². The lowest BCUT2D eigenvalue weighted by Crippen LogP contribution is -1.79. The molecule has 0 fully saturated rings. The molecule has 0 bridgehead atoms. The quantitative estimate of drug-likeness (QED) is 0.656. The summed E-state index contributed by atoms with van der Waals surface area (Å²) in [6, 6.07) is 2.38. The van der Waals surface area contributed by atoms with Crippen LogP contribution in [0.3, 0.4) is 0 Å². The van der Waals surface area contributed by atoms with Gasteiger partial charge in [0.2, 0.25) is 0 Å². The Morgan fingerprint density at radius 2 is 2.23 bits per heavy atom. The van der Waals surface area contributed by atoms with Crippen molar-refractivity contribution in [1.29, 1.82) is 0 Å². The zero-order valence-corrected chi connectivity index (χ0v) is 6.54. The van der Waals surface area contributed by atoms with E-state index in [0.717, 1.165) is 6.07 Å². The van der Waals surface area contributed by atoms with Gasteiger partial charge in [0.05, 0.1) is 5.52 Å². The fourth-order valence-corrected chi connectivity index (χ4v) is 1.25. The number of nitrogens with one attached hydrogen (secondary N) is 1. The molecule has 3 nitrogen and oxygen atoms in total. The topological polar surface area (TPSA) is 53.1 Å². The van der Waals surface area contributed by atoms with Crippen molar-refractivity contribution in [1.82, 2.24) is 4.98 Å². The third-order valence-electron chi connectivity index (χ3n) is 1.91. The Morgan fingerprint density at radius 3 is 2.92 bits per heavy atom. The van der Waals surface area contributed by atoms with Crippen LogP contribution in [0.5, 0.6) is 5.75 Å². The summed E-state index contributed by atoms with van der Waals surface area (Å²) in [6.07, 6.45) is 2.10. The van der Waals surface area contributed by atoms with E-state index in [-0.39, 0.29) is 0 Å². The lowest BCUT2D eigenvalue weighted by Gasteiger charge is -1.95. The SMILES string of the molecule is O=Cc1c[nH]c2cc(O)c(F)cc12. The highest BCUT2D eigenvalue weighted by atomic mass is 19.1. The Morgan fingerprint density at radius 1 is 1.46 bits per heavy atom. The molecule has 0 atom stereocenters. The maximum Gasteiger partial charge on any atom is 0.165 e. The number of aldehydes is 1. The molecule has 13 heavy (non-hydrogen) atoms. The second-order valence-electron chi connectivity index (χ2n) is 2.71. The van der Waals surface area contributed by atoms with Crippen LogP contribution in [0.25, 0.3) is 10.9 Å². The molecule has 0 aliphatic carbocycles. The number of carbonyl (C=O) groups excluding carboxylic acids is 1.